The molecule has 4 rings (SSSR count). The molecule has 2 aromatic rings. The number of nitrogens with one attached hydrogen (secondary N) is 1. The van der Waals surface area contributed by atoms with Crippen LogP contribution in [0.5, 0.6) is 0 Å². The summed E-state index contributed by atoms with van der Waals surface area (Å²) < 4.78 is 2.79. The molecular formula is C19H18IN3O2S. The molecule has 3 heterocycles. The number of nitrogens with zero attached hydrogens (tertiary/aromatic N) is 2. The molecule has 26 heavy (non-hydrogen) atoms. The number of pyridine rings is 1. The van der Waals surface area contributed by atoms with E-state index in [4.69, 9.17) is 12.2 Å². The average molecular weight is 479 g/mol. The molecule has 1 aromatic carbocycles. The first-order valence-corrected chi connectivity index (χ1v) is 10.1. The van der Waals surface area contributed by atoms with E-state index in [1.165, 1.54) is 0 Å². The van der Waals surface area contributed by atoms with Crippen LogP contribution in [0.1, 0.15) is 28.4 Å². The highest BCUT2D eigenvalue weighted by molar-refractivity contribution is 14.1. The molecule has 2 bridgehead atoms. The molecule has 1 N–H and O–H groups in total. The number of carbonyl (C=O) groups is 1. The lowest BCUT2D eigenvalue weighted by Gasteiger charge is -2.43. The van der Waals surface area contributed by atoms with Crippen LogP contribution in [0.3, 0.4) is 0 Å². The fourth-order valence-corrected chi connectivity index (χ4v) is 4.83. The number of aromatic nitrogens is 1. The summed E-state index contributed by atoms with van der Waals surface area (Å²) in [6.45, 7) is 2.21. The van der Waals surface area contributed by atoms with Gasteiger partial charge in [-0.1, -0.05) is 18.2 Å². The Hall–Kier alpha value is -1.74. The molecule has 2 atom stereocenters. The van der Waals surface area contributed by atoms with Crippen molar-refractivity contribution in [2.45, 2.75) is 18.9 Å². The largest absolute Gasteiger partial charge is 0.348 e. The second-order valence-electron chi connectivity index (χ2n) is 6.84. The lowest BCUT2D eigenvalue weighted by molar-refractivity contribution is 0.0967. The Morgan fingerprint density at radius 1 is 1.12 bits per heavy atom. The monoisotopic (exact) mass is 479 g/mol. The predicted molar refractivity (Wildman–Crippen MR) is 112 cm³/mol. The van der Waals surface area contributed by atoms with Crippen molar-refractivity contribution in [2.24, 2.45) is 5.92 Å². The molecular weight excluding hydrogens is 461 g/mol. The zero-order valence-electron chi connectivity index (χ0n) is 14.0. The number of piperidine rings is 1. The Bertz CT molecular complexity index is 942. The SMILES string of the molecule is O=C(NC(=S)N1CC2C[C@@H](C1)Cn1c2cccc1=O)c1ccccc1I. The van der Waals surface area contributed by atoms with E-state index >= 15 is 0 Å². The van der Waals surface area contributed by atoms with E-state index in [1.54, 1.807) is 12.1 Å². The van der Waals surface area contributed by atoms with Crippen LogP contribution >= 0.6 is 34.8 Å². The van der Waals surface area contributed by atoms with Gasteiger partial charge in [0.2, 0.25) is 0 Å². The van der Waals surface area contributed by atoms with Crippen LogP contribution in [0.25, 0.3) is 0 Å². The van der Waals surface area contributed by atoms with E-state index in [-0.39, 0.29) is 17.4 Å². The summed E-state index contributed by atoms with van der Waals surface area (Å²) in [6, 6.07) is 12.9. The van der Waals surface area contributed by atoms with Crippen molar-refractivity contribution in [2.75, 3.05) is 13.1 Å². The molecule has 2 aliphatic heterocycles. The van der Waals surface area contributed by atoms with Crippen molar-refractivity contribution in [1.29, 1.82) is 0 Å². The van der Waals surface area contributed by atoms with E-state index in [0.29, 0.717) is 16.6 Å². The average Bonchev–Trinajstić information content (AvgIpc) is 2.63. The molecule has 0 saturated carbocycles. The Morgan fingerprint density at radius 3 is 2.73 bits per heavy atom. The number of likely N-dealkylation sites (tertiary alicyclic amines) is 1. The Morgan fingerprint density at radius 2 is 1.92 bits per heavy atom. The van der Waals surface area contributed by atoms with E-state index in [0.717, 1.165) is 35.3 Å². The maximum atomic E-state index is 12.5. The first-order valence-electron chi connectivity index (χ1n) is 8.57. The number of thiocarbonyl (C=S) groups is 1. The van der Waals surface area contributed by atoms with Crippen LogP contribution in [0.15, 0.2) is 47.3 Å². The molecule has 1 unspecified atom stereocenters. The molecule has 2 aliphatic rings. The van der Waals surface area contributed by atoms with E-state index in [9.17, 15) is 9.59 Å². The van der Waals surface area contributed by atoms with Gasteiger partial charge >= 0.3 is 0 Å². The molecule has 134 valence electrons. The molecule has 1 saturated heterocycles. The number of carbonyl (C=O) groups excluding carboxylic acids is 1. The lowest BCUT2D eigenvalue weighted by Crippen LogP contribution is -2.52. The van der Waals surface area contributed by atoms with Crippen molar-refractivity contribution in [1.82, 2.24) is 14.8 Å². The summed E-state index contributed by atoms with van der Waals surface area (Å²) >= 11 is 7.67. The highest BCUT2D eigenvalue weighted by Crippen LogP contribution is 2.34. The first kappa shape index (κ1) is 17.7. The lowest BCUT2D eigenvalue weighted by atomic mass is 9.83. The summed E-state index contributed by atoms with van der Waals surface area (Å²) in [4.78, 5) is 26.7. The molecule has 0 spiro atoms. The number of rotatable bonds is 1. The predicted octanol–water partition coefficient (Wildman–Crippen LogP) is 2.59. The third-order valence-electron chi connectivity index (χ3n) is 5.11. The van der Waals surface area contributed by atoms with E-state index < -0.39 is 0 Å². The molecule has 7 heteroatoms. The Balaban J connectivity index is 1.50. The summed E-state index contributed by atoms with van der Waals surface area (Å²) in [6.07, 6.45) is 1.06. The van der Waals surface area contributed by atoms with Crippen LogP contribution in [0.2, 0.25) is 0 Å². The van der Waals surface area contributed by atoms with E-state index in [2.05, 4.69) is 32.8 Å². The molecule has 5 nitrogen and oxygen atoms in total. The fraction of sp³-hybridized carbons (Fsp3) is 0.316. The zero-order valence-corrected chi connectivity index (χ0v) is 17.0. The smallest absolute Gasteiger partial charge is 0.258 e. The van der Waals surface area contributed by atoms with E-state index in [1.807, 2.05) is 34.9 Å². The number of hydrogen-bond acceptors (Lipinski definition) is 3. The molecule has 1 fully saturated rings. The summed E-state index contributed by atoms with van der Waals surface area (Å²) in [5.74, 6) is 0.462. The van der Waals surface area contributed by atoms with Crippen molar-refractivity contribution >= 4 is 45.8 Å². The van der Waals surface area contributed by atoms with Gasteiger partial charge in [0.05, 0.1) is 5.56 Å². The number of hydrogen-bond donors (Lipinski definition) is 1. The van der Waals surface area contributed by atoms with Gasteiger partial charge in [-0.2, -0.15) is 0 Å². The van der Waals surface area contributed by atoms with Gasteiger partial charge in [0.25, 0.3) is 11.5 Å². The van der Waals surface area contributed by atoms with Gasteiger partial charge in [-0.25, -0.2) is 0 Å². The zero-order chi connectivity index (χ0) is 18.3. The topological polar surface area (TPSA) is 54.3 Å². The van der Waals surface area contributed by atoms with Gasteiger partial charge in [-0.15, -0.1) is 0 Å². The van der Waals surface area contributed by atoms with Crippen molar-refractivity contribution in [3.05, 3.63) is 67.6 Å². The third-order valence-corrected chi connectivity index (χ3v) is 6.41. The second kappa shape index (κ2) is 7.11. The van der Waals surface area contributed by atoms with Crippen molar-refractivity contribution in [3.8, 4) is 0 Å². The van der Waals surface area contributed by atoms with Crippen LogP contribution in [-0.4, -0.2) is 33.6 Å². The third kappa shape index (κ3) is 3.29. The first-order chi connectivity index (χ1) is 12.5. The minimum absolute atomic E-state index is 0.0696. The minimum Gasteiger partial charge on any atom is -0.348 e. The molecule has 1 aromatic heterocycles. The highest BCUT2D eigenvalue weighted by atomic mass is 127. The standard InChI is InChI=1S/C19H18IN3O2S/c20-15-5-2-1-4-14(15)18(25)21-19(26)22-9-12-8-13(11-22)16-6-3-7-17(24)23(16)10-12/h1-7,12-13H,8-11H2,(H,21,25,26)/t12-,13?/m0/s1. The van der Waals surface area contributed by atoms with Crippen molar-refractivity contribution < 1.29 is 4.79 Å². The maximum Gasteiger partial charge on any atom is 0.258 e. The molecule has 1 amide bonds. The van der Waals surface area contributed by atoms with Crippen LogP contribution < -0.4 is 10.9 Å². The normalized spacial score (nSPS) is 21.0. The quantitative estimate of drug-likeness (QED) is 0.505. The number of benzene rings is 1. The van der Waals surface area contributed by atoms with Gasteiger partial charge in [0, 0.05) is 40.9 Å². The Labute approximate surface area is 170 Å². The summed E-state index contributed by atoms with van der Waals surface area (Å²) in [5.41, 5.74) is 1.77. The molecule has 0 aliphatic carbocycles. The van der Waals surface area contributed by atoms with Gasteiger partial charge in [0.15, 0.2) is 5.11 Å². The minimum atomic E-state index is -0.174. The van der Waals surface area contributed by atoms with Gasteiger partial charge in [-0.3, -0.25) is 14.9 Å². The number of amides is 1. The van der Waals surface area contributed by atoms with Gasteiger partial charge < -0.3 is 9.47 Å². The van der Waals surface area contributed by atoms with Crippen molar-refractivity contribution in [3.63, 3.8) is 0 Å². The Kier molecular flexibility index (Phi) is 4.83. The van der Waals surface area contributed by atoms with Crippen LogP contribution in [-0.2, 0) is 6.54 Å². The fourth-order valence-electron chi connectivity index (χ4n) is 3.95. The second-order valence-corrected chi connectivity index (χ2v) is 8.39. The van der Waals surface area contributed by atoms with Crippen LogP contribution in [0.4, 0.5) is 0 Å². The van der Waals surface area contributed by atoms with Gasteiger partial charge in [0.1, 0.15) is 0 Å². The summed E-state index contributed by atoms with van der Waals surface area (Å²) in [5, 5.41) is 3.35. The number of fused-ring (bicyclic) bond motifs is 4. The highest BCUT2D eigenvalue weighted by Gasteiger charge is 2.35. The molecule has 0 radical (unpaired) electrons. The number of halogens is 1. The van der Waals surface area contributed by atoms with Crippen LogP contribution in [0, 0.1) is 9.49 Å². The van der Waals surface area contributed by atoms with Gasteiger partial charge in [-0.05, 0) is 65.3 Å². The maximum absolute atomic E-state index is 12.5. The summed E-state index contributed by atoms with van der Waals surface area (Å²) in [7, 11) is 0.